The van der Waals surface area contributed by atoms with E-state index in [0.29, 0.717) is 0 Å². The van der Waals surface area contributed by atoms with Crippen molar-refractivity contribution in [2.24, 2.45) is 0 Å². The fourth-order valence-electron chi connectivity index (χ4n) is 7.10. The van der Waals surface area contributed by atoms with Gasteiger partial charge in [0.2, 0.25) is 0 Å². The topological polar surface area (TPSA) is 73.7 Å². The Kier molecular flexibility index (Phi) is 8.48. The first kappa shape index (κ1) is 33.4. The zero-order chi connectivity index (χ0) is 34.0. The molecule has 9 rings (SSSR count). The summed E-state index contributed by atoms with van der Waals surface area (Å²) in [7, 11) is 0.866. The van der Waals surface area contributed by atoms with Crippen LogP contribution in [0.1, 0.15) is 13.8 Å². The van der Waals surface area contributed by atoms with Gasteiger partial charge in [0.25, 0.3) is 0 Å². The molecule has 0 spiro atoms. The summed E-state index contributed by atoms with van der Waals surface area (Å²) >= 11 is 0. The van der Waals surface area contributed by atoms with Gasteiger partial charge in [0.05, 0.1) is 22.7 Å². The Balaban J connectivity index is 0.000000447. The van der Waals surface area contributed by atoms with Gasteiger partial charge < -0.3 is 19.5 Å². The standard InChI is InChI=1S/C37H25N3OP.C5H8O2.Ir/c1-39-31-17-24-10-3-5-12-26(24)21-35(31)42(41)36-22-27-13-6-4-11-25(27)18-32(36)40(2)34-20-28(19-33(39)37(34)42)30-16-15-23-9-7-8-14-29(23)38-30;1-4(6)3-5(2)7;/h3-19,21-22H,1-2H3;3,6H,1-2H3;/q-1;;/b;4-3-;. The predicted molar refractivity (Wildman–Crippen MR) is 204 cm³/mol. The molecule has 0 amide bonds. The summed E-state index contributed by atoms with van der Waals surface area (Å²) in [6.45, 7) is 2.85. The largest absolute Gasteiger partial charge is 0.512 e. The minimum Gasteiger partial charge on any atom is -0.512 e. The van der Waals surface area contributed by atoms with E-state index >= 15 is 4.57 Å². The minimum absolute atomic E-state index is 0. The Labute approximate surface area is 304 Å². The molecule has 1 atom stereocenters. The molecule has 0 aliphatic carbocycles. The second-order valence-corrected chi connectivity index (χ2v) is 15.3. The van der Waals surface area contributed by atoms with Gasteiger partial charge in [0, 0.05) is 50.9 Å². The summed E-state index contributed by atoms with van der Waals surface area (Å²) in [4.78, 5) is 19.4. The summed E-state index contributed by atoms with van der Waals surface area (Å²) in [5.41, 5.74) is 6.38. The summed E-state index contributed by atoms with van der Waals surface area (Å²) in [5, 5.41) is 16.5. The van der Waals surface area contributed by atoms with Gasteiger partial charge in [0.15, 0.2) is 5.78 Å². The van der Waals surface area contributed by atoms with Crippen LogP contribution in [-0.2, 0) is 29.5 Å². The maximum Gasteiger partial charge on any atom is 0.155 e. The quantitative estimate of drug-likeness (QED) is 0.0812. The first-order valence-corrected chi connectivity index (χ1v) is 17.8. The predicted octanol–water partition coefficient (Wildman–Crippen LogP) is 8.85. The van der Waals surface area contributed by atoms with Gasteiger partial charge >= 0.3 is 0 Å². The smallest absolute Gasteiger partial charge is 0.155 e. The maximum atomic E-state index is 16.1. The molecule has 1 aromatic heterocycles. The molecule has 249 valence electrons. The van der Waals surface area contributed by atoms with Crippen LogP contribution >= 0.6 is 7.14 Å². The molecule has 1 radical (unpaired) electrons. The number of benzene rings is 6. The zero-order valence-electron chi connectivity index (χ0n) is 27.9. The fraction of sp³-hybridized carbons (Fsp3) is 0.0952. The number of aliphatic hydroxyl groups excluding tert-OH is 1. The van der Waals surface area contributed by atoms with Crippen molar-refractivity contribution in [1.82, 2.24) is 4.98 Å². The van der Waals surface area contributed by atoms with Crippen molar-refractivity contribution >= 4 is 84.0 Å². The van der Waals surface area contributed by atoms with Gasteiger partial charge in [-0.25, -0.2) is 0 Å². The average Bonchev–Trinajstić information content (AvgIpc) is 3.11. The SMILES string of the molecule is CC(=O)/C=C(/C)O.CN1c2[c-]c(-c3ccc4ccccc4n3)cc3c2P(=O)(c2cc4ccccc4cc21)c1cc2ccccc2cc1N3C.[Ir]. The molecule has 7 aromatic rings. The van der Waals surface area contributed by atoms with Gasteiger partial charge in [-0.1, -0.05) is 78.9 Å². The van der Waals surface area contributed by atoms with Crippen LogP contribution in [0.3, 0.4) is 0 Å². The Morgan fingerprint density at radius 2 is 1.22 bits per heavy atom. The second kappa shape index (κ2) is 12.7. The van der Waals surface area contributed by atoms with Crippen molar-refractivity contribution in [2.75, 3.05) is 23.9 Å². The number of carbonyl (C=O) groups is 1. The number of ketones is 1. The number of anilines is 4. The van der Waals surface area contributed by atoms with Crippen molar-refractivity contribution in [3.05, 3.63) is 133 Å². The van der Waals surface area contributed by atoms with Crippen molar-refractivity contribution in [3.8, 4) is 11.3 Å². The summed E-state index contributed by atoms with van der Waals surface area (Å²) in [6.07, 6.45) is 1.17. The van der Waals surface area contributed by atoms with Crippen LogP contribution in [0.5, 0.6) is 0 Å². The molecule has 50 heavy (non-hydrogen) atoms. The molecule has 8 heteroatoms. The van der Waals surface area contributed by atoms with Crippen LogP contribution in [0, 0.1) is 6.07 Å². The molecule has 2 aliphatic heterocycles. The molecule has 1 N–H and O–H groups in total. The van der Waals surface area contributed by atoms with Gasteiger partial charge in [-0.3, -0.25) is 9.78 Å². The number of hydrogen-bond acceptors (Lipinski definition) is 6. The number of hydrogen-bond donors (Lipinski definition) is 1. The van der Waals surface area contributed by atoms with Crippen LogP contribution in [0.15, 0.2) is 127 Å². The third-order valence-electron chi connectivity index (χ3n) is 9.39. The Morgan fingerprint density at radius 3 is 1.76 bits per heavy atom. The molecular weight excluding hydrogens is 818 g/mol. The molecule has 0 saturated carbocycles. The number of carbonyl (C=O) groups excluding carboxylic acids is 1. The number of allylic oxidation sites excluding steroid dienone is 2. The van der Waals surface area contributed by atoms with Crippen molar-refractivity contribution in [3.63, 3.8) is 0 Å². The molecule has 2 aliphatic rings. The van der Waals surface area contributed by atoms with Gasteiger partial charge in [-0.2, -0.15) is 0 Å². The number of rotatable bonds is 2. The first-order chi connectivity index (χ1) is 23.6. The number of aromatic nitrogens is 1. The molecule has 6 aromatic carbocycles. The molecule has 1 unspecified atom stereocenters. The van der Waals surface area contributed by atoms with Crippen LogP contribution in [0.4, 0.5) is 22.7 Å². The summed E-state index contributed by atoms with van der Waals surface area (Å²) < 4.78 is 16.1. The molecule has 0 bridgehead atoms. The van der Waals surface area contributed by atoms with E-state index in [1.165, 1.54) is 19.9 Å². The van der Waals surface area contributed by atoms with Crippen LogP contribution in [0.25, 0.3) is 43.7 Å². The fourth-order valence-corrected chi connectivity index (χ4v) is 10.6. The number of pyridine rings is 1. The van der Waals surface area contributed by atoms with Gasteiger partial charge in [-0.15, -0.1) is 17.7 Å². The Morgan fingerprint density at radius 1 is 0.700 bits per heavy atom. The first-order valence-electron chi connectivity index (χ1n) is 16.1. The molecular formula is C42H33IrN3O3P-. The molecule has 0 saturated heterocycles. The van der Waals surface area contributed by atoms with Crippen molar-refractivity contribution in [2.45, 2.75) is 13.8 Å². The average molecular weight is 851 g/mol. The number of fused-ring (bicyclic) bond motifs is 7. The number of nitrogens with zero attached hydrogens (tertiary/aromatic N) is 3. The third kappa shape index (κ3) is 5.34. The summed E-state index contributed by atoms with van der Waals surface area (Å²) in [5.74, 6) is -0.0625. The molecule has 6 nitrogen and oxygen atoms in total. The van der Waals surface area contributed by atoms with E-state index in [-0.39, 0.29) is 31.6 Å². The van der Waals surface area contributed by atoms with Crippen LogP contribution in [0.2, 0.25) is 0 Å². The van der Waals surface area contributed by atoms with E-state index in [4.69, 9.17) is 10.1 Å². The van der Waals surface area contributed by atoms with Crippen molar-refractivity contribution < 1.29 is 34.6 Å². The molecule has 3 heterocycles. The molecule has 0 fully saturated rings. The van der Waals surface area contributed by atoms with E-state index in [0.717, 1.165) is 82.4 Å². The van der Waals surface area contributed by atoms with E-state index in [1.807, 2.05) is 30.3 Å². The minimum atomic E-state index is -3.28. The van der Waals surface area contributed by atoms with E-state index < -0.39 is 7.14 Å². The van der Waals surface area contributed by atoms with Gasteiger partial charge in [0.1, 0.15) is 7.14 Å². The normalized spacial score (nSPS) is 15.8. The van der Waals surface area contributed by atoms with Crippen molar-refractivity contribution in [1.29, 1.82) is 0 Å². The Bertz CT molecular complexity index is 2480. The van der Waals surface area contributed by atoms with Gasteiger partial charge in [-0.05, 0) is 93.5 Å². The number of aliphatic hydroxyl groups is 1. The zero-order valence-corrected chi connectivity index (χ0v) is 31.2. The monoisotopic (exact) mass is 851 g/mol. The summed E-state index contributed by atoms with van der Waals surface area (Å²) in [6, 6.07) is 43.5. The van der Waals surface area contributed by atoms with Crippen LogP contribution < -0.4 is 25.7 Å². The van der Waals surface area contributed by atoms with E-state index in [1.54, 1.807) is 0 Å². The van der Waals surface area contributed by atoms with Crippen LogP contribution in [-0.4, -0.2) is 30.0 Å². The second-order valence-electron chi connectivity index (χ2n) is 12.7. The van der Waals surface area contributed by atoms with E-state index in [2.05, 4.69) is 115 Å². The third-order valence-corrected chi connectivity index (χ3v) is 12.5. The Hall–Kier alpha value is -5.06. The number of para-hydroxylation sites is 1. The maximum absolute atomic E-state index is 16.1. The van der Waals surface area contributed by atoms with E-state index in [9.17, 15) is 4.79 Å².